The van der Waals surface area contributed by atoms with E-state index in [9.17, 15) is 13.2 Å². The summed E-state index contributed by atoms with van der Waals surface area (Å²) in [4.78, 5) is 11.7. The van der Waals surface area contributed by atoms with E-state index in [0.29, 0.717) is 12.0 Å². The fourth-order valence-corrected chi connectivity index (χ4v) is 4.39. The molecule has 0 unspecified atom stereocenters. The molecule has 0 spiro atoms. The van der Waals surface area contributed by atoms with E-state index in [-0.39, 0.29) is 18.2 Å². The van der Waals surface area contributed by atoms with Crippen LogP contribution >= 0.6 is 11.3 Å². The number of amides is 1. The van der Waals surface area contributed by atoms with Crippen molar-refractivity contribution in [3.05, 3.63) is 22.4 Å². The summed E-state index contributed by atoms with van der Waals surface area (Å²) < 4.78 is 23.5. The summed E-state index contributed by atoms with van der Waals surface area (Å²) in [7, 11) is -3.00. The van der Waals surface area contributed by atoms with Gasteiger partial charge in [-0.1, -0.05) is 6.42 Å². The number of carbonyl (C=O) groups is 1. The summed E-state index contributed by atoms with van der Waals surface area (Å²) >= 11 is 1.45. The van der Waals surface area contributed by atoms with Crippen molar-refractivity contribution in [1.82, 2.24) is 5.32 Å². The van der Waals surface area contributed by atoms with E-state index in [1.54, 1.807) is 11.4 Å². The quantitative estimate of drug-likeness (QED) is 0.906. The molecule has 0 radical (unpaired) electrons. The van der Waals surface area contributed by atoms with Gasteiger partial charge in [-0.2, -0.15) is 11.3 Å². The highest BCUT2D eigenvalue weighted by molar-refractivity contribution is 7.92. The van der Waals surface area contributed by atoms with Crippen LogP contribution < -0.4 is 5.32 Å². The van der Waals surface area contributed by atoms with E-state index < -0.39 is 15.1 Å². The van der Waals surface area contributed by atoms with Crippen molar-refractivity contribution in [2.45, 2.75) is 24.5 Å². The minimum absolute atomic E-state index is 0.188. The lowest BCUT2D eigenvalue weighted by atomic mass is 10.2. The molecular formula is C11H15NO3S2. The van der Waals surface area contributed by atoms with Crippen LogP contribution in [0.4, 0.5) is 0 Å². The second kappa shape index (κ2) is 5.18. The zero-order valence-corrected chi connectivity index (χ0v) is 11.0. The fraction of sp³-hybridized carbons (Fsp3) is 0.545. The summed E-state index contributed by atoms with van der Waals surface area (Å²) in [5, 5.41) is 5.88. The third-order valence-electron chi connectivity index (χ3n) is 2.99. The van der Waals surface area contributed by atoms with Gasteiger partial charge in [-0.05, 0) is 24.3 Å². The van der Waals surface area contributed by atoms with Crippen LogP contribution in [0.15, 0.2) is 16.8 Å². The lowest BCUT2D eigenvalue weighted by Gasteiger charge is -2.22. The van der Waals surface area contributed by atoms with Crippen molar-refractivity contribution >= 4 is 27.1 Å². The summed E-state index contributed by atoms with van der Waals surface area (Å²) in [6.45, 7) is 0.233. The zero-order valence-electron chi connectivity index (χ0n) is 9.39. The lowest BCUT2D eigenvalue weighted by Crippen LogP contribution is -2.39. The molecule has 1 amide bonds. The van der Waals surface area contributed by atoms with Crippen molar-refractivity contribution < 1.29 is 13.2 Å². The Kier molecular flexibility index (Phi) is 3.83. The van der Waals surface area contributed by atoms with Crippen LogP contribution in [-0.2, 0) is 9.84 Å². The van der Waals surface area contributed by atoms with Crippen LogP contribution in [0, 0.1) is 0 Å². The van der Waals surface area contributed by atoms with Crippen LogP contribution in [-0.4, -0.2) is 31.9 Å². The van der Waals surface area contributed by atoms with E-state index >= 15 is 0 Å². The van der Waals surface area contributed by atoms with Gasteiger partial charge in [-0.25, -0.2) is 8.42 Å². The van der Waals surface area contributed by atoms with Crippen molar-refractivity contribution in [2.24, 2.45) is 0 Å². The summed E-state index contributed by atoms with van der Waals surface area (Å²) in [6, 6.07) is 1.73. The van der Waals surface area contributed by atoms with Gasteiger partial charge in [0.1, 0.15) is 0 Å². The molecule has 1 aliphatic rings. The summed E-state index contributed by atoms with van der Waals surface area (Å²) in [5.74, 6) is 0.0680. The first-order chi connectivity index (χ1) is 8.09. The predicted octanol–water partition coefficient (Wildman–Crippen LogP) is 1.45. The molecule has 0 saturated carbocycles. The second-order valence-electron chi connectivity index (χ2n) is 4.21. The van der Waals surface area contributed by atoms with E-state index in [2.05, 4.69) is 5.32 Å². The van der Waals surface area contributed by atoms with Gasteiger partial charge in [0.25, 0.3) is 5.91 Å². The first-order valence-corrected chi connectivity index (χ1v) is 8.27. The maximum absolute atomic E-state index is 11.7. The Hall–Kier alpha value is -0.880. The monoisotopic (exact) mass is 273 g/mol. The van der Waals surface area contributed by atoms with Gasteiger partial charge in [0.15, 0.2) is 9.84 Å². The molecule has 2 rings (SSSR count). The first-order valence-electron chi connectivity index (χ1n) is 5.61. The predicted molar refractivity (Wildman–Crippen MR) is 68.1 cm³/mol. The summed E-state index contributed by atoms with van der Waals surface area (Å²) in [5.41, 5.74) is 0.600. The molecule has 1 aliphatic heterocycles. The van der Waals surface area contributed by atoms with Crippen molar-refractivity contribution in [1.29, 1.82) is 0 Å². The maximum Gasteiger partial charge on any atom is 0.252 e. The number of rotatable bonds is 3. The Labute approximate surface area is 105 Å². The first kappa shape index (κ1) is 12.6. The van der Waals surface area contributed by atoms with Crippen LogP contribution in [0.1, 0.15) is 29.6 Å². The van der Waals surface area contributed by atoms with Gasteiger partial charge in [-0.3, -0.25) is 4.79 Å². The molecule has 17 heavy (non-hydrogen) atoms. The van der Waals surface area contributed by atoms with Crippen molar-refractivity contribution in [3.8, 4) is 0 Å². The molecule has 1 atom stereocenters. The average molecular weight is 273 g/mol. The molecule has 6 heteroatoms. The highest BCUT2D eigenvalue weighted by Gasteiger charge is 2.28. The van der Waals surface area contributed by atoms with E-state index in [0.717, 1.165) is 12.8 Å². The van der Waals surface area contributed by atoms with Gasteiger partial charge in [0.2, 0.25) is 0 Å². The zero-order chi connectivity index (χ0) is 12.3. The van der Waals surface area contributed by atoms with Gasteiger partial charge in [0, 0.05) is 17.5 Å². The average Bonchev–Trinajstić information content (AvgIpc) is 2.80. The molecule has 1 fully saturated rings. The maximum atomic E-state index is 11.7. The molecule has 1 saturated heterocycles. The molecule has 1 N–H and O–H groups in total. The largest absolute Gasteiger partial charge is 0.351 e. The highest BCUT2D eigenvalue weighted by atomic mass is 32.2. The number of thiophene rings is 1. The molecule has 94 valence electrons. The molecule has 0 aliphatic carbocycles. The Morgan fingerprint density at radius 3 is 2.94 bits per heavy atom. The van der Waals surface area contributed by atoms with Crippen LogP contribution in [0.2, 0.25) is 0 Å². The lowest BCUT2D eigenvalue weighted by molar-refractivity contribution is 0.0953. The molecule has 0 aromatic carbocycles. The van der Waals surface area contributed by atoms with Gasteiger partial charge in [-0.15, -0.1) is 0 Å². The SMILES string of the molecule is O=C(NC[C@H]1CCCCS1(=O)=O)c1ccsc1. The van der Waals surface area contributed by atoms with E-state index in [4.69, 9.17) is 0 Å². The Bertz CT molecular complexity index is 479. The van der Waals surface area contributed by atoms with Gasteiger partial charge >= 0.3 is 0 Å². The fourth-order valence-electron chi connectivity index (χ4n) is 1.95. The number of nitrogens with one attached hydrogen (secondary N) is 1. The molecule has 1 aromatic rings. The number of carbonyl (C=O) groups excluding carboxylic acids is 1. The summed E-state index contributed by atoms with van der Waals surface area (Å²) in [6.07, 6.45) is 2.34. The van der Waals surface area contributed by atoms with E-state index in [1.807, 2.05) is 5.38 Å². The molecule has 1 aromatic heterocycles. The standard InChI is InChI=1S/C11H15NO3S2/c13-11(9-4-5-16-8-9)12-7-10-3-1-2-6-17(10,14)15/h4-5,8,10H,1-3,6-7H2,(H,12,13)/t10-/m1/s1. The molecule has 4 nitrogen and oxygen atoms in total. The molecular weight excluding hydrogens is 258 g/mol. The normalized spacial score (nSPS) is 23.2. The number of hydrogen-bond donors (Lipinski definition) is 1. The van der Waals surface area contributed by atoms with Crippen molar-refractivity contribution in [2.75, 3.05) is 12.3 Å². The van der Waals surface area contributed by atoms with Crippen molar-refractivity contribution in [3.63, 3.8) is 0 Å². The van der Waals surface area contributed by atoms with Crippen LogP contribution in [0.5, 0.6) is 0 Å². The molecule has 2 heterocycles. The highest BCUT2D eigenvalue weighted by Crippen LogP contribution is 2.18. The third kappa shape index (κ3) is 3.07. The van der Waals surface area contributed by atoms with Crippen LogP contribution in [0.25, 0.3) is 0 Å². The Morgan fingerprint density at radius 2 is 2.29 bits per heavy atom. The Balaban J connectivity index is 1.92. The van der Waals surface area contributed by atoms with E-state index in [1.165, 1.54) is 11.3 Å². The Morgan fingerprint density at radius 1 is 1.47 bits per heavy atom. The van der Waals surface area contributed by atoms with Gasteiger partial charge < -0.3 is 5.32 Å². The smallest absolute Gasteiger partial charge is 0.252 e. The second-order valence-corrected chi connectivity index (χ2v) is 7.39. The third-order valence-corrected chi connectivity index (χ3v) is 5.95. The number of hydrogen-bond acceptors (Lipinski definition) is 4. The topological polar surface area (TPSA) is 63.2 Å². The van der Waals surface area contributed by atoms with Gasteiger partial charge in [0.05, 0.1) is 11.0 Å². The number of sulfone groups is 1. The minimum Gasteiger partial charge on any atom is -0.351 e. The molecule has 0 bridgehead atoms. The van der Waals surface area contributed by atoms with Crippen LogP contribution in [0.3, 0.4) is 0 Å². The minimum atomic E-state index is -3.00.